The zero-order valence-electron chi connectivity index (χ0n) is 13.1. The van der Waals surface area contributed by atoms with E-state index in [0.717, 1.165) is 6.61 Å². The third-order valence-corrected chi connectivity index (χ3v) is 8.70. The standard InChI is InChI=1S/C16H34OSi/c1-5-9-10-11-12-13-14-15-16-17-18(6-2,7-3)8-4/h14-15H,5-13,16H2,1-4H3. The molecule has 0 aliphatic rings. The molecule has 0 spiro atoms. The van der Waals surface area contributed by atoms with Gasteiger partial charge in [-0.05, 0) is 31.0 Å². The highest BCUT2D eigenvalue weighted by Crippen LogP contribution is 2.21. The molecule has 0 fully saturated rings. The van der Waals surface area contributed by atoms with Crippen LogP contribution in [0.2, 0.25) is 18.1 Å². The van der Waals surface area contributed by atoms with E-state index in [1.165, 1.54) is 56.7 Å². The van der Waals surface area contributed by atoms with E-state index in [1.807, 2.05) is 0 Å². The van der Waals surface area contributed by atoms with Gasteiger partial charge >= 0.3 is 0 Å². The molecule has 0 aromatic heterocycles. The molecular formula is C16H34OSi. The van der Waals surface area contributed by atoms with Crippen molar-refractivity contribution in [2.75, 3.05) is 6.61 Å². The van der Waals surface area contributed by atoms with Crippen molar-refractivity contribution in [2.24, 2.45) is 0 Å². The number of unbranched alkanes of at least 4 members (excludes halogenated alkanes) is 5. The molecule has 0 heterocycles. The zero-order valence-corrected chi connectivity index (χ0v) is 14.1. The largest absolute Gasteiger partial charge is 0.413 e. The summed E-state index contributed by atoms with van der Waals surface area (Å²) in [6, 6.07) is 3.76. The normalized spacial score (nSPS) is 12.4. The topological polar surface area (TPSA) is 9.23 Å². The van der Waals surface area contributed by atoms with Crippen molar-refractivity contribution in [1.82, 2.24) is 0 Å². The van der Waals surface area contributed by atoms with E-state index in [4.69, 9.17) is 4.43 Å². The van der Waals surface area contributed by atoms with E-state index in [9.17, 15) is 0 Å². The van der Waals surface area contributed by atoms with Gasteiger partial charge in [0.15, 0.2) is 8.32 Å². The molecule has 0 aromatic rings. The minimum atomic E-state index is -1.35. The molecule has 0 amide bonds. The van der Waals surface area contributed by atoms with Crippen LogP contribution in [-0.4, -0.2) is 14.9 Å². The molecule has 2 heteroatoms. The second-order valence-corrected chi connectivity index (χ2v) is 10.0. The minimum Gasteiger partial charge on any atom is -0.413 e. The fraction of sp³-hybridized carbons (Fsp3) is 0.875. The van der Waals surface area contributed by atoms with Gasteiger partial charge in [0, 0.05) is 0 Å². The fourth-order valence-corrected chi connectivity index (χ4v) is 4.89. The Morgan fingerprint density at radius 2 is 1.39 bits per heavy atom. The van der Waals surface area contributed by atoms with Crippen molar-refractivity contribution in [3.63, 3.8) is 0 Å². The van der Waals surface area contributed by atoms with Gasteiger partial charge in [-0.25, -0.2) is 0 Å². The van der Waals surface area contributed by atoms with E-state index in [1.54, 1.807) is 0 Å². The summed E-state index contributed by atoms with van der Waals surface area (Å²) in [5.74, 6) is 0. The van der Waals surface area contributed by atoms with Gasteiger partial charge in [0.05, 0.1) is 6.61 Å². The van der Waals surface area contributed by atoms with Gasteiger partial charge in [0.2, 0.25) is 0 Å². The van der Waals surface area contributed by atoms with Gasteiger partial charge in [0.1, 0.15) is 0 Å². The van der Waals surface area contributed by atoms with Crippen molar-refractivity contribution in [3.8, 4) is 0 Å². The number of allylic oxidation sites excluding steroid dienone is 1. The molecule has 0 unspecified atom stereocenters. The van der Waals surface area contributed by atoms with Crippen molar-refractivity contribution in [1.29, 1.82) is 0 Å². The van der Waals surface area contributed by atoms with Gasteiger partial charge in [-0.3, -0.25) is 0 Å². The van der Waals surface area contributed by atoms with Crippen molar-refractivity contribution < 1.29 is 4.43 Å². The summed E-state index contributed by atoms with van der Waals surface area (Å²) in [4.78, 5) is 0. The third kappa shape index (κ3) is 8.10. The summed E-state index contributed by atoms with van der Waals surface area (Å²) in [6.07, 6.45) is 12.6. The SMILES string of the molecule is CCCCCCCC=CCO[Si](CC)(CC)CC. The summed E-state index contributed by atoms with van der Waals surface area (Å²) in [6.45, 7) is 9.98. The second kappa shape index (κ2) is 12.0. The lowest BCUT2D eigenvalue weighted by Crippen LogP contribution is -2.35. The Morgan fingerprint density at radius 3 is 1.94 bits per heavy atom. The number of hydrogen-bond donors (Lipinski definition) is 0. The zero-order chi connectivity index (χ0) is 13.7. The molecule has 18 heavy (non-hydrogen) atoms. The molecule has 0 saturated heterocycles. The van der Waals surface area contributed by atoms with Crippen molar-refractivity contribution in [3.05, 3.63) is 12.2 Å². The predicted molar refractivity (Wildman–Crippen MR) is 85.7 cm³/mol. The Balaban J connectivity index is 3.57. The Morgan fingerprint density at radius 1 is 0.778 bits per heavy atom. The first-order valence-electron chi connectivity index (χ1n) is 8.03. The third-order valence-electron chi connectivity index (χ3n) is 4.06. The van der Waals surface area contributed by atoms with Crippen molar-refractivity contribution in [2.45, 2.75) is 84.4 Å². The van der Waals surface area contributed by atoms with E-state index >= 15 is 0 Å². The van der Waals surface area contributed by atoms with Crippen LogP contribution < -0.4 is 0 Å². The summed E-state index contributed by atoms with van der Waals surface area (Å²) in [7, 11) is -1.35. The first kappa shape index (κ1) is 17.9. The van der Waals surface area contributed by atoms with Crippen LogP contribution in [0.25, 0.3) is 0 Å². The fourth-order valence-electron chi connectivity index (χ4n) is 2.33. The lowest BCUT2D eigenvalue weighted by Gasteiger charge is -2.27. The summed E-state index contributed by atoms with van der Waals surface area (Å²) >= 11 is 0. The average Bonchev–Trinajstić information content (AvgIpc) is 2.42. The maximum atomic E-state index is 6.17. The van der Waals surface area contributed by atoms with Crippen LogP contribution in [0.5, 0.6) is 0 Å². The van der Waals surface area contributed by atoms with E-state index in [0.29, 0.717) is 0 Å². The smallest absolute Gasteiger partial charge is 0.192 e. The van der Waals surface area contributed by atoms with Gasteiger partial charge in [-0.2, -0.15) is 0 Å². The van der Waals surface area contributed by atoms with E-state index in [2.05, 4.69) is 39.8 Å². The molecule has 0 aliphatic carbocycles. The quantitative estimate of drug-likeness (QED) is 0.243. The molecule has 0 atom stereocenters. The van der Waals surface area contributed by atoms with Crippen LogP contribution in [0.4, 0.5) is 0 Å². The molecule has 1 nitrogen and oxygen atoms in total. The number of rotatable bonds is 12. The van der Waals surface area contributed by atoms with E-state index < -0.39 is 8.32 Å². The van der Waals surface area contributed by atoms with Crippen LogP contribution in [0.1, 0.15) is 66.2 Å². The molecular weight excluding hydrogens is 236 g/mol. The van der Waals surface area contributed by atoms with Gasteiger partial charge < -0.3 is 4.43 Å². The van der Waals surface area contributed by atoms with E-state index in [-0.39, 0.29) is 0 Å². The molecule has 0 aliphatic heterocycles. The van der Waals surface area contributed by atoms with Crippen LogP contribution in [0.3, 0.4) is 0 Å². The van der Waals surface area contributed by atoms with Crippen LogP contribution >= 0.6 is 0 Å². The Bertz CT molecular complexity index is 189. The monoisotopic (exact) mass is 270 g/mol. The first-order chi connectivity index (χ1) is 8.74. The van der Waals surface area contributed by atoms with Gasteiger partial charge in [-0.15, -0.1) is 0 Å². The Hall–Kier alpha value is -0.0831. The summed E-state index contributed by atoms with van der Waals surface area (Å²) in [5, 5.41) is 0. The lowest BCUT2D eigenvalue weighted by molar-refractivity contribution is 0.342. The van der Waals surface area contributed by atoms with Gasteiger partial charge in [-0.1, -0.05) is 65.5 Å². The molecule has 0 aromatic carbocycles. The van der Waals surface area contributed by atoms with Crippen LogP contribution in [0, 0.1) is 0 Å². The summed E-state index contributed by atoms with van der Waals surface area (Å²) < 4.78 is 6.17. The molecule has 0 bridgehead atoms. The van der Waals surface area contributed by atoms with Crippen molar-refractivity contribution >= 4 is 8.32 Å². The lowest BCUT2D eigenvalue weighted by atomic mass is 10.1. The highest BCUT2D eigenvalue weighted by atomic mass is 28.4. The highest BCUT2D eigenvalue weighted by molar-refractivity contribution is 6.73. The summed E-state index contributed by atoms with van der Waals surface area (Å²) in [5.41, 5.74) is 0. The predicted octanol–water partition coefficient (Wildman–Crippen LogP) is 5.92. The number of hydrogen-bond acceptors (Lipinski definition) is 1. The van der Waals surface area contributed by atoms with Gasteiger partial charge in [0.25, 0.3) is 0 Å². The highest BCUT2D eigenvalue weighted by Gasteiger charge is 2.27. The molecule has 0 radical (unpaired) electrons. The molecule has 0 saturated carbocycles. The second-order valence-electron chi connectivity index (χ2n) is 5.23. The Kier molecular flexibility index (Phi) is 11.9. The van der Waals surface area contributed by atoms with Crippen LogP contribution in [-0.2, 0) is 4.43 Å². The molecule has 0 rings (SSSR count). The average molecular weight is 271 g/mol. The molecule has 108 valence electrons. The maximum Gasteiger partial charge on any atom is 0.192 e. The Labute approximate surface area is 116 Å². The maximum absolute atomic E-state index is 6.17. The van der Waals surface area contributed by atoms with Crippen LogP contribution in [0.15, 0.2) is 12.2 Å². The first-order valence-corrected chi connectivity index (χ1v) is 10.6. The molecule has 0 N–H and O–H groups in total. The minimum absolute atomic E-state index is 0.844.